The minimum absolute atomic E-state index is 0.0130. The van der Waals surface area contributed by atoms with Gasteiger partial charge in [0.25, 0.3) is 10.0 Å². The number of pyridine rings is 1. The van der Waals surface area contributed by atoms with Crippen LogP contribution in [0.2, 0.25) is 0 Å². The van der Waals surface area contributed by atoms with E-state index in [1.54, 1.807) is 24.5 Å². The molecule has 0 saturated heterocycles. The van der Waals surface area contributed by atoms with E-state index in [2.05, 4.69) is 19.9 Å². The van der Waals surface area contributed by atoms with Crippen LogP contribution in [0.25, 0.3) is 0 Å². The van der Waals surface area contributed by atoms with Gasteiger partial charge < -0.3 is 5.73 Å². The topological polar surface area (TPSA) is 114 Å². The molecule has 2 aromatic rings. The molecule has 0 radical (unpaired) electrons. The first-order chi connectivity index (χ1) is 8.63. The van der Waals surface area contributed by atoms with Gasteiger partial charge in [0.1, 0.15) is 0 Å². The highest BCUT2D eigenvalue weighted by Crippen LogP contribution is 2.11. The molecular formula is C10H13N5O2S. The average Bonchev–Trinajstić information content (AvgIpc) is 2.87. The first kappa shape index (κ1) is 12.7. The zero-order valence-electron chi connectivity index (χ0n) is 9.50. The first-order valence-electron chi connectivity index (χ1n) is 5.24. The smallest absolute Gasteiger partial charge is 0.258 e. The molecule has 18 heavy (non-hydrogen) atoms. The molecule has 0 aliphatic carbocycles. The van der Waals surface area contributed by atoms with Crippen LogP contribution >= 0.6 is 0 Å². The van der Waals surface area contributed by atoms with E-state index >= 15 is 0 Å². The lowest BCUT2D eigenvalue weighted by atomic mass is 10.3. The van der Waals surface area contributed by atoms with Crippen molar-refractivity contribution in [3.63, 3.8) is 0 Å². The van der Waals surface area contributed by atoms with Crippen molar-refractivity contribution in [3.8, 4) is 0 Å². The molecule has 2 rings (SSSR count). The normalized spacial score (nSPS) is 11.6. The zero-order valence-corrected chi connectivity index (χ0v) is 10.3. The summed E-state index contributed by atoms with van der Waals surface area (Å²) in [5.74, 6) is 0. The summed E-state index contributed by atoms with van der Waals surface area (Å²) in [6.45, 7) is 0.301. The minimum atomic E-state index is -3.63. The second kappa shape index (κ2) is 5.25. The largest absolute Gasteiger partial charge is 0.326 e. The van der Waals surface area contributed by atoms with E-state index < -0.39 is 10.0 Å². The quantitative estimate of drug-likeness (QED) is 0.690. The maximum Gasteiger partial charge on any atom is 0.258 e. The van der Waals surface area contributed by atoms with Gasteiger partial charge in [-0.05, 0) is 17.7 Å². The number of sulfonamides is 1. The highest BCUT2D eigenvalue weighted by Gasteiger charge is 2.19. The van der Waals surface area contributed by atoms with Crippen LogP contribution in [-0.2, 0) is 23.1 Å². The van der Waals surface area contributed by atoms with Crippen molar-refractivity contribution in [1.29, 1.82) is 0 Å². The second-order valence-electron chi connectivity index (χ2n) is 3.61. The SMILES string of the molecule is NCc1cn[nH]c1S(=O)(=O)NCc1ccncc1. The van der Waals surface area contributed by atoms with Crippen LogP contribution in [0.5, 0.6) is 0 Å². The predicted molar refractivity (Wildman–Crippen MR) is 64.7 cm³/mol. The molecule has 0 spiro atoms. The molecule has 0 atom stereocenters. The Labute approximate surface area is 104 Å². The van der Waals surface area contributed by atoms with Crippen LogP contribution in [0, 0.1) is 0 Å². The number of aromatic nitrogens is 3. The van der Waals surface area contributed by atoms with Crippen molar-refractivity contribution >= 4 is 10.0 Å². The number of hydrogen-bond acceptors (Lipinski definition) is 5. The Morgan fingerprint density at radius 1 is 1.33 bits per heavy atom. The molecule has 96 valence electrons. The third-order valence-corrected chi connectivity index (χ3v) is 3.80. The monoisotopic (exact) mass is 267 g/mol. The van der Waals surface area contributed by atoms with Gasteiger partial charge in [-0.1, -0.05) is 0 Å². The van der Waals surface area contributed by atoms with E-state index in [0.717, 1.165) is 5.56 Å². The number of nitrogens with zero attached hydrogens (tertiary/aromatic N) is 2. The van der Waals surface area contributed by atoms with Crippen LogP contribution in [0.1, 0.15) is 11.1 Å². The van der Waals surface area contributed by atoms with Gasteiger partial charge >= 0.3 is 0 Å². The molecule has 0 fully saturated rings. The Hall–Kier alpha value is -1.77. The molecule has 2 heterocycles. The van der Waals surface area contributed by atoms with Gasteiger partial charge in [-0.2, -0.15) is 5.10 Å². The standard InChI is InChI=1S/C10H13N5O2S/c11-5-9-7-13-15-10(9)18(16,17)14-6-8-1-3-12-4-2-8/h1-4,7,14H,5-6,11H2,(H,13,15). The van der Waals surface area contributed by atoms with Gasteiger partial charge in [-0.15, -0.1) is 0 Å². The summed E-state index contributed by atoms with van der Waals surface area (Å²) < 4.78 is 26.5. The lowest BCUT2D eigenvalue weighted by Crippen LogP contribution is -2.25. The van der Waals surface area contributed by atoms with Crippen LogP contribution in [0.15, 0.2) is 35.7 Å². The maximum atomic E-state index is 12.0. The van der Waals surface area contributed by atoms with E-state index in [1.165, 1.54) is 6.20 Å². The summed E-state index contributed by atoms with van der Waals surface area (Å²) in [7, 11) is -3.63. The number of nitrogens with two attached hydrogens (primary N) is 1. The van der Waals surface area contributed by atoms with E-state index in [4.69, 9.17) is 5.73 Å². The molecule has 0 aromatic carbocycles. The molecule has 0 bridgehead atoms. The molecule has 0 aliphatic rings. The molecule has 2 aromatic heterocycles. The Morgan fingerprint density at radius 2 is 2.06 bits per heavy atom. The minimum Gasteiger partial charge on any atom is -0.326 e. The Kier molecular flexibility index (Phi) is 3.70. The fourth-order valence-electron chi connectivity index (χ4n) is 1.43. The van der Waals surface area contributed by atoms with Gasteiger partial charge in [0.2, 0.25) is 0 Å². The lowest BCUT2D eigenvalue weighted by molar-refractivity contribution is 0.575. The third-order valence-electron chi connectivity index (χ3n) is 2.38. The fourth-order valence-corrected chi connectivity index (χ4v) is 2.58. The Bertz CT molecular complexity index is 608. The Morgan fingerprint density at radius 3 is 2.72 bits per heavy atom. The van der Waals surface area contributed by atoms with Gasteiger partial charge in [-0.25, -0.2) is 13.1 Å². The van der Waals surface area contributed by atoms with Crippen LogP contribution < -0.4 is 10.5 Å². The van der Waals surface area contributed by atoms with Crippen LogP contribution in [0.3, 0.4) is 0 Å². The predicted octanol–water partition coefficient (Wildman–Crippen LogP) is -0.258. The van der Waals surface area contributed by atoms with Crippen molar-refractivity contribution in [2.45, 2.75) is 18.1 Å². The summed E-state index contributed by atoms with van der Waals surface area (Å²) in [6, 6.07) is 3.47. The Balaban J connectivity index is 2.13. The highest BCUT2D eigenvalue weighted by molar-refractivity contribution is 7.89. The molecule has 0 amide bonds. The fraction of sp³-hybridized carbons (Fsp3) is 0.200. The number of rotatable bonds is 5. The first-order valence-corrected chi connectivity index (χ1v) is 6.72. The van der Waals surface area contributed by atoms with Crippen LogP contribution in [-0.4, -0.2) is 23.6 Å². The van der Waals surface area contributed by atoms with E-state index in [-0.39, 0.29) is 18.1 Å². The summed E-state index contributed by atoms with van der Waals surface area (Å²) >= 11 is 0. The van der Waals surface area contributed by atoms with Crippen molar-refractivity contribution in [2.24, 2.45) is 5.73 Å². The molecule has 0 saturated carbocycles. The highest BCUT2D eigenvalue weighted by atomic mass is 32.2. The van der Waals surface area contributed by atoms with E-state index in [1.807, 2.05) is 0 Å². The second-order valence-corrected chi connectivity index (χ2v) is 5.31. The summed E-state index contributed by atoms with van der Waals surface area (Å²) in [5.41, 5.74) is 6.72. The maximum absolute atomic E-state index is 12.0. The number of aromatic amines is 1. The van der Waals surface area contributed by atoms with Gasteiger partial charge in [-0.3, -0.25) is 10.1 Å². The summed E-state index contributed by atoms with van der Waals surface area (Å²) in [4.78, 5) is 3.86. The van der Waals surface area contributed by atoms with E-state index in [0.29, 0.717) is 5.56 Å². The summed E-state index contributed by atoms with van der Waals surface area (Å²) in [6.07, 6.45) is 4.61. The zero-order chi connectivity index (χ0) is 13.0. The molecule has 0 aliphatic heterocycles. The molecular weight excluding hydrogens is 254 g/mol. The van der Waals surface area contributed by atoms with Gasteiger partial charge in [0.15, 0.2) is 5.03 Å². The number of nitrogens with one attached hydrogen (secondary N) is 2. The van der Waals surface area contributed by atoms with Gasteiger partial charge in [0, 0.05) is 31.0 Å². The van der Waals surface area contributed by atoms with Gasteiger partial charge in [0.05, 0.1) is 6.20 Å². The average molecular weight is 267 g/mol. The molecule has 0 unspecified atom stereocenters. The van der Waals surface area contributed by atoms with Crippen LogP contribution in [0.4, 0.5) is 0 Å². The lowest BCUT2D eigenvalue weighted by Gasteiger charge is -2.06. The molecule has 4 N–H and O–H groups in total. The number of hydrogen-bond donors (Lipinski definition) is 3. The number of H-pyrrole nitrogens is 1. The molecule has 7 nitrogen and oxygen atoms in total. The van der Waals surface area contributed by atoms with Crippen molar-refractivity contribution in [3.05, 3.63) is 41.9 Å². The van der Waals surface area contributed by atoms with Crippen molar-refractivity contribution in [2.75, 3.05) is 0 Å². The summed E-state index contributed by atoms with van der Waals surface area (Å²) in [5, 5.41) is 6.13. The van der Waals surface area contributed by atoms with Crippen molar-refractivity contribution in [1.82, 2.24) is 19.9 Å². The molecule has 8 heteroatoms. The van der Waals surface area contributed by atoms with E-state index in [9.17, 15) is 8.42 Å². The van der Waals surface area contributed by atoms with Crippen molar-refractivity contribution < 1.29 is 8.42 Å². The third kappa shape index (κ3) is 2.73.